The van der Waals surface area contributed by atoms with Crippen LogP contribution in [0.3, 0.4) is 0 Å². The van der Waals surface area contributed by atoms with Crippen molar-refractivity contribution in [1.29, 1.82) is 0 Å². The van der Waals surface area contributed by atoms with Gasteiger partial charge in [0.05, 0.1) is 5.69 Å². The Morgan fingerprint density at radius 3 is 2.37 bits per heavy atom. The van der Waals surface area contributed by atoms with E-state index >= 15 is 0 Å². The molecule has 0 atom stereocenters. The van der Waals surface area contributed by atoms with Gasteiger partial charge >= 0.3 is 0 Å². The van der Waals surface area contributed by atoms with Crippen LogP contribution in [0.1, 0.15) is 22.8 Å². The monoisotopic (exact) mass is 354 g/mol. The number of hydrogen-bond donors (Lipinski definition) is 0. The Morgan fingerprint density at radius 1 is 0.926 bits per heavy atom. The minimum atomic E-state index is 0.0297. The van der Waals surface area contributed by atoms with Crippen LogP contribution in [0, 0.1) is 6.92 Å². The fraction of sp³-hybridized carbons (Fsp3) is 0.0909. The molecule has 5 nitrogen and oxygen atoms in total. The zero-order chi connectivity index (χ0) is 18.8. The number of rotatable bonds is 4. The molecule has 0 saturated heterocycles. The summed E-state index contributed by atoms with van der Waals surface area (Å²) in [5.41, 5.74) is 5.04. The van der Waals surface area contributed by atoms with Gasteiger partial charge in [-0.2, -0.15) is 0 Å². The van der Waals surface area contributed by atoms with Crippen molar-refractivity contribution >= 4 is 22.9 Å². The van der Waals surface area contributed by atoms with E-state index in [1.165, 1.54) is 0 Å². The van der Waals surface area contributed by atoms with E-state index in [4.69, 9.17) is 4.98 Å². The molecule has 0 fully saturated rings. The van der Waals surface area contributed by atoms with Crippen molar-refractivity contribution < 1.29 is 4.79 Å². The van der Waals surface area contributed by atoms with E-state index in [1.54, 1.807) is 31.2 Å². The molecule has 5 heteroatoms. The molecule has 0 aliphatic carbocycles. The van der Waals surface area contributed by atoms with E-state index in [2.05, 4.69) is 10.2 Å². The number of benzene rings is 2. The van der Waals surface area contributed by atoms with Crippen molar-refractivity contribution in [2.45, 2.75) is 13.8 Å². The molecule has 27 heavy (non-hydrogen) atoms. The minimum absolute atomic E-state index is 0.0297. The summed E-state index contributed by atoms with van der Waals surface area (Å²) in [6.07, 6.45) is 1.94. The maximum absolute atomic E-state index is 11.4. The van der Waals surface area contributed by atoms with Crippen molar-refractivity contribution in [2.24, 2.45) is 10.2 Å². The molecule has 2 heterocycles. The van der Waals surface area contributed by atoms with Crippen LogP contribution in [0.5, 0.6) is 0 Å². The molecular weight excluding hydrogens is 336 g/mol. The number of pyridine rings is 1. The second-order valence-electron chi connectivity index (χ2n) is 6.34. The third-order valence-corrected chi connectivity index (χ3v) is 4.40. The summed E-state index contributed by atoms with van der Waals surface area (Å²) < 4.78 is 1.95. The number of imidazole rings is 1. The average Bonchev–Trinajstić information content (AvgIpc) is 3.07. The summed E-state index contributed by atoms with van der Waals surface area (Å²) in [4.78, 5) is 16.2. The predicted molar refractivity (Wildman–Crippen MR) is 106 cm³/mol. The zero-order valence-corrected chi connectivity index (χ0v) is 15.1. The largest absolute Gasteiger partial charge is 0.295 e. The van der Waals surface area contributed by atoms with Crippen molar-refractivity contribution in [3.63, 3.8) is 0 Å². The highest BCUT2D eigenvalue weighted by molar-refractivity contribution is 5.94. The highest BCUT2D eigenvalue weighted by Gasteiger charge is 2.15. The third kappa shape index (κ3) is 3.27. The first kappa shape index (κ1) is 16.8. The fourth-order valence-corrected chi connectivity index (χ4v) is 2.94. The Labute approximate surface area is 157 Å². The predicted octanol–water partition coefficient (Wildman–Crippen LogP) is 5.93. The van der Waals surface area contributed by atoms with E-state index < -0.39 is 0 Å². The van der Waals surface area contributed by atoms with Crippen LogP contribution in [-0.2, 0) is 0 Å². The highest BCUT2D eigenvalue weighted by Crippen LogP contribution is 2.33. The first-order chi connectivity index (χ1) is 13.1. The van der Waals surface area contributed by atoms with Crippen LogP contribution in [0.15, 0.2) is 83.2 Å². The van der Waals surface area contributed by atoms with Gasteiger partial charge in [-0.3, -0.25) is 9.20 Å². The van der Waals surface area contributed by atoms with E-state index in [1.807, 2.05) is 60.0 Å². The van der Waals surface area contributed by atoms with Crippen molar-refractivity contribution in [3.8, 4) is 11.3 Å². The SMILES string of the molecule is CC(=O)c1ccc(N=Nc2c(-c3ccccc3)nc3c(C)cccn23)cc1. The van der Waals surface area contributed by atoms with Gasteiger partial charge in [0.2, 0.25) is 0 Å². The number of carbonyl (C=O) groups excluding carboxylic acids is 1. The number of carbonyl (C=O) groups is 1. The zero-order valence-electron chi connectivity index (χ0n) is 15.1. The number of ketones is 1. The standard InChI is InChI=1S/C22H18N4O/c1-15-7-6-14-26-21(15)23-20(18-8-4-3-5-9-18)22(26)25-24-19-12-10-17(11-13-19)16(2)27/h3-14H,1-2H3. The van der Waals surface area contributed by atoms with Gasteiger partial charge in [-0.05, 0) is 49.7 Å². The van der Waals surface area contributed by atoms with E-state index in [9.17, 15) is 4.79 Å². The van der Waals surface area contributed by atoms with E-state index in [0.29, 0.717) is 17.1 Å². The molecule has 132 valence electrons. The number of nitrogens with zero attached hydrogens (tertiary/aromatic N) is 4. The normalized spacial score (nSPS) is 11.3. The van der Waals surface area contributed by atoms with E-state index in [-0.39, 0.29) is 5.78 Å². The number of fused-ring (bicyclic) bond motifs is 1. The average molecular weight is 354 g/mol. The molecular formula is C22H18N4O. The molecule has 0 saturated carbocycles. The minimum Gasteiger partial charge on any atom is -0.295 e. The molecule has 0 aliphatic heterocycles. The molecule has 2 aromatic heterocycles. The lowest BCUT2D eigenvalue weighted by Crippen LogP contribution is -1.89. The molecule has 0 bridgehead atoms. The lowest BCUT2D eigenvalue weighted by atomic mass is 10.1. The quantitative estimate of drug-likeness (QED) is 0.337. The Balaban J connectivity index is 1.82. The molecule has 0 spiro atoms. The molecule has 2 aromatic carbocycles. The van der Waals surface area contributed by atoms with E-state index in [0.717, 1.165) is 22.5 Å². The van der Waals surface area contributed by atoms with Gasteiger partial charge in [-0.1, -0.05) is 36.4 Å². The fourth-order valence-electron chi connectivity index (χ4n) is 2.94. The summed E-state index contributed by atoms with van der Waals surface area (Å²) in [5.74, 6) is 0.706. The summed E-state index contributed by atoms with van der Waals surface area (Å²) in [6.45, 7) is 3.57. The molecule has 0 radical (unpaired) electrons. The second kappa shape index (κ2) is 6.96. The second-order valence-corrected chi connectivity index (χ2v) is 6.34. The molecule has 0 amide bonds. The third-order valence-electron chi connectivity index (χ3n) is 4.40. The lowest BCUT2D eigenvalue weighted by Gasteiger charge is -2.00. The Morgan fingerprint density at radius 2 is 1.67 bits per heavy atom. The van der Waals surface area contributed by atoms with Crippen LogP contribution < -0.4 is 0 Å². The van der Waals surface area contributed by atoms with Crippen LogP contribution >= 0.6 is 0 Å². The first-order valence-electron chi connectivity index (χ1n) is 8.69. The van der Waals surface area contributed by atoms with Crippen molar-refractivity contribution in [3.05, 3.63) is 84.1 Å². The highest BCUT2D eigenvalue weighted by atomic mass is 16.1. The van der Waals surface area contributed by atoms with Crippen molar-refractivity contribution in [1.82, 2.24) is 9.38 Å². The Bertz CT molecular complexity index is 1140. The topological polar surface area (TPSA) is 59.1 Å². The van der Waals surface area contributed by atoms with Crippen LogP contribution in [-0.4, -0.2) is 15.2 Å². The molecule has 0 unspecified atom stereocenters. The van der Waals surface area contributed by atoms with Crippen LogP contribution in [0.25, 0.3) is 16.9 Å². The van der Waals surface area contributed by atoms with Gasteiger partial charge in [-0.15, -0.1) is 10.2 Å². The lowest BCUT2D eigenvalue weighted by molar-refractivity contribution is 0.101. The van der Waals surface area contributed by atoms with Gasteiger partial charge in [0, 0.05) is 17.3 Å². The first-order valence-corrected chi connectivity index (χ1v) is 8.69. The number of Topliss-reactive ketones (excluding diaryl/α,β-unsaturated/α-hetero) is 1. The molecule has 4 rings (SSSR count). The van der Waals surface area contributed by atoms with Crippen LogP contribution in [0.2, 0.25) is 0 Å². The maximum atomic E-state index is 11.4. The van der Waals surface area contributed by atoms with Crippen molar-refractivity contribution in [2.75, 3.05) is 0 Å². The Kier molecular flexibility index (Phi) is 4.34. The van der Waals surface area contributed by atoms with Gasteiger partial charge in [0.25, 0.3) is 0 Å². The van der Waals surface area contributed by atoms with Gasteiger partial charge < -0.3 is 0 Å². The van der Waals surface area contributed by atoms with Crippen LogP contribution in [0.4, 0.5) is 11.5 Å². The summed E-state index contributed by atoms with van der Waals surface area (Å²) in [7, 11) is 0. The van der Waals surface area contributed by atoms with Gasteiger partial charge in [-0.25, -0.2) is 4.98 Å². The summed E-state index contributed by atoms with van der Waals surface area (Å²) in [5, 5.41) is 8.87. The molecule has 0 aliphatic rings. The number of aromatic nitrogens is 2. The van der Waals surface area contributed by atoms with Gasteiger partial charge in [0.1, 0.15) is 11.3 Å². The Hall–Kier alpha value is -3.60. The smallest absolute Gasteiger partial charge is 0.187 e. The summed E-state index contributed by atoms with van der Waals surface area (Å²) in [6, 6.07) is 21.0. The number of aryl methyl sites for hydroxylation is 1. The summed E-state index contributed by atoms with van der Waals surface area (Å²) >= 11 is 0. The maximum Gasteiger partial charge on any atom is 0.187 e. The molecule has 0 N–H and O–H groups in total. The molecule has 4 aromatic rings. The number of azo groups is 1. The van der Waals surface area contributed by atoms with Gasteiger partial charge in [0.15, 0.2) is 11.6 Å². The number of hydrogen-bond acceptors (Lipinski definition) is 4.